The number of rotatable bonds is 2. The first kappa shape index (κ1) is 8.96. The molecule has 1 unspecified atom stereocenters. The molecule has 3 N–H and O–H groups in total. The molecule has 0 saturated carbocycles. The van der Waals surface area contributed by atoms with Crippen LogP contribution in [0.15, 0.2) is 32.5 Å². The number of nitrogens with zero attached hydrogens (tertiary/aromatic N) is 3. The first-order valence-corrected chi connectivity index (χ1v) is 4.78. The third kappa shape index (κ3) is 1.33. The van der Waals surface area contributed by atoms with Crippen molar-refractivity contribution in [1.29, 1.82) is 0 Å². The maximum Gasteiger partial charge on any atom is 0.197 e. The Hall–Kier alpha value is -2.31. The Morgan fingerprint density at radius 3 is 3.06 bits per heavy atom. The van der Waals surface area contributed by atoms with Gasteiger partial charge in [-0.1, -0.05) is 0 Å². The van der Waals surface area contributed by atoms with Crippen LogP contribution >= 0.6 is 0 Å². The summed E-state index contributed by atoms with van der Waals surface area (Å²) >= 11 is 0. The van der Waals surface area contributed by atoms with Gasteiger partial charge in [-0.2, -0.15) is 5.10 Å². The Morgan fingerprint density at radius 2 is 2.38 bits per heavy atom. The molecule has 0 aliphatic carbocycles. The minimum atomic E-state index is 0.0149. The van der Waals surface area contributed by atoms with E-state index in [9.17, 15) is 0 Å². The number of nitrogens with one attached hydrogen (secondary N) is 1. The van der Waals surface area contributed by atoms with Crippen LogP contribution < -0.4 is 11.2 Å². The smallest absolute Gasteiger partial charge is 0.197 e. The van der Waals surface area contributed by atoms with E-state index >= 15 is 0 Å². The van der Waals surface area contributed by atoms with E-state index in [1.807, 2.05) is 12.1 Å². The molecule has 7 heteroatoms. The molecule has 3 rings (SSSR count). The van der Waals surface area contributed by atoms with Gasteiger partial charge in [-0.25, -0.2) is 4.63 Å². The van der Waals surface area contributed by atoms with Gasteiger partial charge in [0.1, 0.15) is 11.8 Å². The molecule has 0 aromatic carbocycles. The summed E-state index contributed by atoms with van der Waals surface area (Å²) in [6.45, 7) is 0. The highest BCUT2D eigenvalue weighted by Crippen LogP contribution is 2.25. The number of hydrogen-bond donors (Lipinski definition) is 2. The predicted octanol–water partition coefficient (Wildman–Crippen LogP) is 0.683. The zero-order chi connectivity index (χ0) is 11.0. The summed E-state index contributed by atoms with van der Waals surface area (Å²) in [6, 6.07) is 3.74. The predicted molar refractivity (Wildman–Crippen MR) is 54.4 cm³/mol. The number of nitrogens with two attached hydrogens (primary N) is 1. The fourth-order valence-electron chi connectivity index (χ4n) is 1.64. The Kier molecular flexibility index (Phi) is 1.89. The minimum Gasteiger partial charge on any atom is -0.467 e. The Labute approximate surface area is 90.3 Å². The number of aromatic nitrogens is 2. The van der Waals surface area contributed by atoms with Crippen molar-refractivity contribution in [3.63, 3.8) is 0 Å². The molecule has 0 saturated heterocycles. The molecule has 7 nitrogen and oxygen atoms in total. The van der Waals surface area contributed by atoms with Crippen LogP contribution in [0.4, 0.5) is 5.82 Å². The monoisotopic (exact) mass is 219 g/mol. The van der Waals surface area contributed by atoms with Gasteiger partial charge in [0.2, 0.25) is 0 Å². The van der Waals surface area contributed by atoms with Crippen LogP contribution in [0.5, 0.6) is 0 Å². The summed E-state index contributed by atoms with van der Waals surface area (Å²) in [7, 11) is 0. The third-order valence-electron chi connectivity index (χ3n) is 2.43. The lowest BCUT2D eigenvalue weighted by molar-refractivity contribution is 0.308. The molecule has 0 fully saturated rings. The largest absolute Gasteiger partial charge is 0.467 e. The Bertz CT molecular complexity index is 516. The van der Waals surface area contributed by atoms with Crippen molar-refractivity contribution in [2.45, 2.75) is 12.5 Å². The van der Waals surface area contributed by atoms with Gasteiger partial charge in [0.15, 0.2) is 11.5 Å². The van der Waals surface area contributed by atoms with E-state index in [1.165, 1.54) is 0 Å². The van der Waals surface area contributed by atoms with Gasteiger partial charge < -0.3 is 10.2 Å². The average molecular weight is 219 g/mol. The van der Waals surface area contributed by atoms with Gasteiger partial charge in [0.05, 0.1) is 12.0 Å². The van der Waals surface area contributed by atoms with E-state index < -0.39 is 0 Å². The molecule has 16 heavy (non-hydrogen) atoms. The van der Waals surface area contributed by atoms with E-state index in [-0.39, 0.29) is 11.9 Å². The first-order chi connectivity index (χ1) is 7.84. The third-order valence-corrected chi connectivity index (χ3v) is 2.43. The lowest BCUT2D eigenvalue weighted by Gasteiger charge is -2.04. The molecular weight excluding hydrogens is 210 g/mol. The highest BCUT2D eigenvalue weighted by Gasteiger charge is 2.26. The molecule has 82 valence electrons. The highest BCUT2D eigenvalue weighted by atomic mass is 16.6. The maximum absolute atomic E-state index is 5.59. The lowest BCUT2D eigenvalue weighted by Crippen LogP contribution is -2.09. The number of furan rings is 1. The van der Waals surface area contributed by atoms with Crippen molar-refractivity contribution in [3.8, 4) is 0 Å². The summed E-state index contributed by atoms with van der Waals surface area (Å²) in [4.78, 5) is 0. The van der Waals surface area contributed by atoms with Gasteiger partial charge in [-0.05, 0) is 22.4 Å². The number of nitrogen functional groups attached to an aromatic ring is 1. The van der Waals surface area contributed by atoms with Crippen LogP contribution in [0.25, 0.3) is 0 Å². The fraction of sp³-hybridized carbons (Fsp3) is 0.222. The van der Waals surface area contributed by atoms with Gasteiger partial charge in [0.25, 0.3) is 0 Å². The number of hydrazone groups is 1. The Morgan fingerprint density at radius 1 is 1.44 bits per heavy atom. The summed E-state index contributed by atoms with van der Waals surface area (Å²) in [6.07, 6.45) is 2.27. The van der Waals surface area contributed by atoms with Crippen LogP contribution in [0.3, 0.4) is 0 Å². The molecule has 2 aromatic rings. The summed E-state index contributed by atoms with van der Waals surface area (Å²) in [5.74, 6) is 1.08. The highest BCUT2D eigenvalue weighted by molar-refractivity contribution is 6.03. The Balaban J connectivity index is 1.81. The average Bonchev–Trinajstić information content (AvgIpc) is 2.96. The molecule has 0 radical (unpaired) electrons. The topological polar surface area (TPSA) is 102 Å². The SMILES string of the molecule is Nc1nonc1C1=NNC(c2ccco2)C1. The van der Waals surface area contributed by atoms with Crippen molar-refractivity contribution < 1.29 is 9.05 Å². The number of anilines is 1. The summed E-state index contributed by atoms with van der Waals surface area (Å²) in [5.41, 5.74) is 9.75. The molecule has 0 spiro atoms. The minimum absolute atomic E-state index is 0.0149. The lowest BCUT2D eigenvalue weighted by atomic mass is 10.1. The van der Waals surface area contributed by atoms with E-state index in [0.29, 0.717) is 12.1 Å². The van der Waals surface area contributed by atoms with Crippen molar-refractivity contribution in [3.05, 3.63) is 29.9 Å². The van der Waals surface area contributed by atoms with E-state index in [1.54, 1.807) is 6.26 Å². The van der Waals surface area contributed by atoms with E-state index in [0.717, 1.165) is 11.5 Å². The summed E-state index contributed by atoms with van der Waals surface area (Å²) < 4.78 is 9.81. The second kappa shape index (κ2) is 3.37. The molecule has 1 aliphatic heterocycles. The van der Waals surface area contributed by atoms with E-state index in [4.69, 9.17) is 10.2 Å². The maximum atomic E-state index is 5.59. The van der Waals surface area contributed by atoms with Gasteiger partial charge in [0, 0.05) is 6.42 Å². The van der Waals surface area contributed by atoms with Crippen LogP contribution in [-0.2, 0) is 0 Å². The van der Waals surface area contributed by atoms with E-state index in [2.05, 4.69) is 25.5 Å². The molecule has 2 aromatic heterocycles. The van der Waals surface area contributed by atoms with Crippen molar-refractivity contribution >= 4 is 11.5 Å². The standard InChI is InChI=1S/C9H9N5O2/c10-9-8(13-16-14-9)6-4-5(11-12-6)7-2-1-3-15-7/h1-3,5,11H,4H2,(H2,10,14). The molecule has 0 bridgehead atoms. The van der Waals surface area contributed by atoms with Gasteiger partial charge in [-0.3, -0.25) is 5.43 Å². The van der Waals surface area contributed by atoms with Crippen molar-refractivity contribution in [2.75, 3.05) is 5.73 Å². The quantitative estimate of drug-likeness (QED) is 0.770. The fourth-order valence-corrected chi connectivity index (χ4v) is 1.64. The summed E-state index contributed by atoms with van der Waals surface area (Å²) in [5, 5.41) is 11.4. The van der Waals surface area contributed by atoms with Crippen LogP contribution in [0.2, 0.25) is 0 Å². The van der Waals surface area contributed by atoms with Crippen molar-refractivity contribution in [2.24, 2.45) is 5.10 Å². The molecule has 0 amide bonds. The van der Waals surface area contributed by atoms with Crippen LogP contribution in [-0.4, -0.2) is 16.0 Å². The van der Waals surface area contributed by atoms with Crippen LogP contribution in [0, 0.1) is 0 Å². The normalized spacial score (nSPS) is 19.5. The van der Waals surface area contributed by atoms with Gasteiger partial charge >= 0.3 is 0 Å². The molecule has 3 heterocycles. The second-order valence-corrected chi connectivity index (χ2v) is 3.46. The second-order valence-electron chi connectivity index (χ2n) is 3.46. The zero-order valence-corrected chi connectivity index (χ0v) is 8.25. The van der Waals surface area contributed by atoms with Crippen LogP contribution in [0.1, 0.15) is 23.9 Å². The zero-order valence-electron chi connectivity index (χ0n) is 8.25. The molecule has 1 aliphatic rings. The number of hydrogen-bond acceptors (Lipinski definition) is 7. The molecular formula is C9H9N5O2. The van der Waals surface area contributed by atoms with Gasteiger partial charge in [-0.15, -0.1) is 0 Å². The molecule has 1 atom stereocenters. The van der Waals surface area contributed by atoms with Crippen molar-refractivity contribution in [1.82, 2.24) is 15.7 Å². The first-order valence-electron chi connectivity index (χ1n) is 4.78.